The summed E-state index contributed by atoms with van der Waals surface area (Å²) in [5.41, 5.74) is 2.39. The van der Waals surface area contributed by atoms with Crippen molar-refractivity contribution in [2.75, 3.05) is 37.6 Å². The van der Waals surface area contributed by atoms with Crippen molar-refractivity contribution in [2.45, 2.75) is 26.8 Å². The quantitative estimate of drug-likeness (QED) is 0.438. The molecule has 2 saturated heterocycles. The number of hydrogen-bond acceptors (Lipinski definition) is 7. The molecule has 3 heterocycles. The van der Waals surface area contributed by atoms with E-state index in [1.54, 1.807) is 23.4 Å². The van der Waals surface area contributed by atoms with E-state index in [-0.39, 0.29) is 17.0 Å². The van der Waals surface area contributed by atoms with Gasteiger partial charge in [0.25, 0.3) is 11.5 Å². The highest BCUT2D eigenvalue weighted by Crippen LogP contribution is 2.36. The topological polar surface area (TPSA) is 72.6 Å². The Kier molecular flexibility index (Phi) is 7.75. The van der Waals surface area contributed by atoms with Crippen LogP contribution in [-0.2, 0) is 18.4 Å². The normalized spacial score (nSPS) is 17.9. The van der Waals surface area contributed by atoms with Gasteiger partial charge in [-0.15, -0.1) is 0 Å². The second-order valence-corrected chi connectivity index (χ2v) is 10.5. The highest BCUT2D eigenvalue weighted by molar-refractivity contribution is 8.26. The predicted molar refractivity (Wildman–Crippen MR) is 145 cm³/mol. The number of thiocarbonyl (C=S) groups is 1. The van der Waals surface area contributed by atoms with E-state index < -0.39 is 0 Å². The number of pyridine rings is 1. The Morgan fingerprint density at radius 1 is 1.14 bits per heavy atom. The first-order valence-electron chi connectivity index (χ1n) is 11.8. The molecule has 0 radical (unpaired) electrons. The maximum Gasteiger partial charge on any atom is 0.270 e. The van der Waals surface area contributed by atoms with E-state index in [9.17, 15) is 14.9 Å². The van der Waals surface area contributed by atoms with Gasteiger partial charge < -0.3 is 4.90 Å². The minimum absolute atomic E-state index is 0.106. The predicted octanol–water partition coefficient (Wildman–Crippen LogP) is 3.50. The molecule has 0 spiro atoms. The van der Waals surface area contributed by atoms with E-state index in [0.29, 0.717) is 21.3 Å². The van der Waals surface area contributed by atoms with E-state index in [1.165, 1.54) is 17.3 Å². The molecule has 0 N–H and O–H groups in total. The maximum atomic E-state index is 13.0. The van der Waals surface area contributed by atoms with Crippen molar-refractivity contribution in [3.05, 3.63) is 67.8 Å². The number of rotatable bonds is 6. The number of benzene rings is 1. The zero-order valence-corrected chi connectivity index (χ0v) is 21.9. The van der Waals surface area contributed by atoms with Crippen LogP contribution >= 0.6 is 24.0 Å². The molecule has 2 aliphatic rings. The third kappa shape index (κ3) is 5.06. The zero-order valence-electron chi connectivity index (χ0n) is 20.3. The second-order valence-electron chi connectivity index (χ2n) is 8.80. The Hall–Kier alpha value is -2.93. The molecule has 35 heavy (non-hydrogen) atoms. The first-order chi connectivity index (χ1) is 16.8. The number of hydrogen-bond donors (Lipinski definition) is 0. The molecule has 2 aliphatic heterocycles. The maximum absolute atomic E-state index is 13.0. The van der Waals surface area contributed by atoms with Crippen molar-refractivity contribution in [1.82, 2.24) is 14.4 Å². The fourth-order valence-corrected chi connectivity index (χ4v) is 5.89. The molecule has 1 aromatic carbocycles. The lowest BCUT2D eigenvalue weighted by Crippen LogP contribution is -2.48. The number of carbonyl (C=O) groups is 1. The molecular formula is C26H29N5O2S2. The summed E-state index contributed by atoms with van der Waals surface area (Å²) >= 11 is 6.71. The van der Waals surface area contributed by atoms with Crippen molar-refractivity contribution in [2.24, 2.45) is 7.05 Å². The van der Waals surface area contributed by atoms with Crippen LogP contribution in [0.3, 0.4) is 0 Å². The molecule has 7 nitrogen and oxygen atoms in total. The number of thioether (sulfide) groups is 1. The van der Waals surface area contributed by atoms with Crippen LogP contribution in [0.25, 0.3) is 6.08 Å². The molecule has 0 unspecified atom stereocenters. The van der Waals surface area contributed by atoms with E-state index in [2.05, 4.69) is 40.1 Å². The minimum atomic E-state index is -0.317. The van der Waals surface area contributed by atoms with Gasteiger partial charge in [-0.2, -0.15) is 5.26 Å². The van der Waals surface area contributed by atoms with Crippen LogP contribution in [0, 0.1) is 18.3 Å². The number of nitrogens with zero attached hydrogens (tertiary/aromatic N) is 5. The monoisotopic (exact) mass is 507 g/mol. The average molecular weight is 508 g/mol. The van der Waals surface area contributed by atoms with Gasteiger partial charge in [0.1, 0.15) is 21.8 Å². The van der Waals surface area contributed by atoms with Gasteiger partial charge in [0, 0.05) is 51.9 Å². The second kappa shape index (κ2) is 10.8. The summed E-state index contributed by atoms with van der Waals surface area (Å²) in [6.45, 7) is 8.43. The zero-order chi connectivity index (χ0) is 25.1. The molecule has 0 saturated carbocycles. The Morgan fingerprint density at radius 2 is 1.83 bits per heavy atom. The lowest BCUT2D eigenvalue weighted by molar-refractivity contribution is -0.122. The SMILES string of the molecule is CCCN1C(=O)/C(=C/c2c(C)c(C#N)c(=O)n(C)c2N2CCN(Cc3ccccc3)CC2)SC1=S. The van der Waals surface area contributed by atoms with Gasteiger partial charge >= 0.3 is 0 Å². The summed E-state index contributed by atoms with van der Waals surface area (Å²) in [5, 5.41) is 9.69. The van der Waals surface area contributed by atoms with Crippen molar-refractivity contribution in [1.29, 1.82) is 5.26 Å². The van der Waals surface area contributed by atoms with Crippen LogP contribution in [0.2, 0.25) is 0 Å². The van der Waals surface area contributed by atoms with Gasteiger partial charge in [0.2, 0.25) is 0 Å². The highest BCUT2D eigenvalue weighted by Gasteiger charge is 2.33. The molecule has 182 valence electrons. The summed E-state index contributed by atoms with van der Waals surface area (Å²) < 4.78 is 2.10. The van der Waals surface area contributed by atoms with Gasteiger partial charge in [0.15, 0.2) is 0 Å². The Morgan fingerprint density at radius 3 is 2.46 bits per heavy atom. The number of piperazine rings is 1. The molecule has 2 fully saturated rings. The molecule has 1 aromatic heterocycles. The minimum Gasteiger partial charge on any atom is -0.355 e. The first kappa shape index (κ1) is 25.2. The van der Waals surface area contributed by atoms with Gasteiger partial charge in [-0.05, 0) is 30.5 Å². The smallest absolute Gasteiger partial charge is 0.270 e. The molecule has 0 atom stereocenters. The molecule has 0 aliphatic carbocycles. The van der Waals surface area contributed by atoms with Crippen LogP contribution < -0.4 is 10.5 Å². The van der Waals surface area contributed by atoms with Gasteiger partial charge in [0.05, 0.1) is 4.91 Å². The number of carbonyl (C=O) groups excluding carboxylic acids is 1. The van der Waals surface area contributed by atoms with Crippen molar-refractivity contribution in [3.63, 3.8) is 0 Å². The fraction of sp³-hybridized carbons (Fsp3) is 0.385. The highest BCUT2D eigenvalue weighted by atomic mass is 32.2. The van der Waals surface area contributed by atoms with Gasteiger partial charge in [-0.3, -0.25) is 24.0 Å². The molecular weight excluding hydrogens is 478 g/mol. The molecule has 4 rings (SSSR count). The largest absolute Gasteiger partial charge is 0.355 e. The molecule has 1 amide bonds. The lowest BCUT2D eigenvalue weighted by Gasteiger charge is -2.37. The van der Waals surface area contributed by atoms with E-state index >= 15 is 0 Å². The number of anilines is 1. The van der Waals surface area contributed by atoms with Crippen LogP contribution in [0.5, 0.6) is 0 Å². The Balaban J connectivity index is 1.68. The summed E-state index contributed by atoms with van der Waals surface area (Å²) in [4.78, 5) is 32.8. The van der Waals surface area contributed by atoms with Gasteiger partial charge in [-0.1, -0.05) is 61.2 Å². The van der Waals surface area contributed by atoms with Crippen LogP contribution in [0.4, 0.5) is 5.82 Å². The lowest BCUT2D eigenvalue weighted by atomic mass is 10.0. The van der Waals surface area contributed by atoms with Crippen molar-refractivity contribution >= 4 is 46.1 Å². The summed E-state index contributed by atoms with van der Waals surface area (Å²) in [5.74, 6) is 0.624. The summed E-state index contributed by atoms with van der Waals surface area (Å²) in [6, 6.07) is 12.5. The van der Waals surface area contributed by atoms with Crippen LogP contribution in [0.1, 0.15) is 35.6 Å². The van der Waals surface area contributed by atoms with E-state index in [0.717, 1.165) is 50.5 Å². The van der Waals surface area contributed by atoms with Gasteiger partial charge in [-0.25, -0.2) is 0 Å². The standard InChI is InChI=1S/C26H29N5O2S2/c1-4-10-31-25(33)22(35-26(31)34)15-20-18(2)21(16-27)24(32)28(3)23(20)30-13-11-29(12-14-30)17-19-8-6-5-7-9-19/h5-9,15H,4,10-14,17H2,1-3H3/b22-15-. The average Bonchev–Trinajstić information content (AvgIpc) is 3.12. The number of aromatic nitrogens is 1. The summed E-state index contributed by atoms with van der Waals surface area (Å²) in [6.07, 6.45) is 2.63. The Bertz CT molecular complexity index is 1270. The summed E-state index contributed by atoms with van der Waals surface area (Å²) in [7, 11) is 1.70. The van der Waals surface area contributed by atoms with Crippen molar-refractivity contribution in [3.8, 4) is 6.07 Å². The van der Waals surface area contributed by atoms with E-state index in [1.807, 2.05) is 19.1 Å². The molecule has 2 aromatic rings. The number of nitriles is 1. The van der Waals surface area contributed by atoms with Crippen LogP contribution in [0.15, 0.2) is 40.0 Å². The third-order valence-electron chi connectivity index (χ3n) is 6.48. The molecule has 0 bridgehead atoms. The number of amides is 1. The van der Waals surface area contributed by atoms with Crippen LogP contribution in [-0.4, -0.2) is 57.3 Å². The fourth-order valence-electron chi connectivity index (χ4n) is 4.60. The first-order valence-corrected chi connectivity index (χ1v) is 13.0. The van der Waals surface area contributed by atoms with E-state index in [4.69, 9.17) is 12.2 Å². The third-order valence-corrected chi connectivity index (χ3v) is 7.86. The Labute approximate surface area is 215 Å². The molecule has 9 heteroatoms. The van der Waals surface area contributed by atoms with Crippen molar-refractivity contribution < 1.29 is 4.79 Å².